The quantitative estimate of drug-likeness (QED) is 0.781. The summed E-state index contributed by atoms with van der Waals surface area (Å²) in [5.41, 5.74) is -0.0709. The molecule has 0 N–H and O–H groups in total. The van der Waals surface area contributed by atoms with Gasteiger partial charge in [-0.15, -0.1) is 5.10 Å². The number of carbonyl (C=O) groups excluding carboxylic acids is 1. The number of hydrogen-bond acceptors (Lipinski definition) is 5. The van der Waals surface area contributed by atoms with Crippen LogP contribution in [-0.2, 0) is 17.9 Å². The van der Waals surface area contributed by atoms with Gasteiger partial charge in [-0.05, 0) is 35.0 Å². The van der Waals surface area contributed by atoms with E-state index >= 15 is 0 Å². The maximum atomic E-state index is 13.0. The van der Waals surface area contributed by atoms with E-state index in [2.05, 4.69) is 15.5 Å². The van der Waals surface area contributed by atoms with Gasteiger partial charge >= 0.3 is 5.97 Å². The lowest BCUT2D eigenvalue weighted by Gasteiger charge is -2.05. The summed E-state index contributed by atoms with van der Waals surface area (Å²) in [6.07, 6.45) is 0.829. The Hall–Kier alpha value is -2.38. The van der Waals surface area contributed by atoms with Crippen LogP contribution in [0.4, 0.5) is 8.78 Å². The average Bonchev–Trinajstić information content (AvgIpc) is 2.87. The molecule has 0 fully saturated rings. The highest BCUT2D eigenvalue weighted by atomic mass is 19.2. The second kappa shape index (κ2) is 6.18. The number of esters is 1. The van der Waals surface area contributed by atoms with E-state index in [1.807, 2.05) is 6.92 Å². The topological polar surface area (TPSA) is 69.9 Å². The third kappa shape index (κ3) is 3.14. The van der Waals surface area contributed by atoms with E-state index < -0.39 is 17.6 Å². The fourth-order valence-electron chi connectivity index (χ4n) is 1.55. The summed E-state index contributed by atoms with van der Waals surface area (Å²) in [4.78, 5) is 11.7. The first-order valence-electron chi connectivity index (χ1n) is 5.99. The van der Waals surface area contributed by atoms with E-state index in [-0.39, 0.29) is 12.2 Å². The number of rotatable bonds is 5. The molecule has 1 aromatic heterocycles. The smallest absolute Gasteiger partial charge is 0.338 e. The average molecular weight is 282 g/mol. The predicted molar refractivity (Wildman–Crippen MR) is 63.6 cm³/mol. The summed E-state index contributed by atoms with van der Waals surface area (Å²) in [5, 5.41) is 10.9. The fourth-order valence-corrected chi connectivity index (χ4v) is 1.55. The van der Waals surface area contributed by atoms with E-state index in [0.29, 0.717) is 12.4 Å². The third-order valence-corrected chi connectivity index (χ3v) is 2.53. The molecule has 0 unspecified atom stereocenters. The van der Waals surface area contributed by atoms with Crippen LogP contribution in [0.2, 0.25) is 0 Å². The Balaban J connectivity index is 2.01. The largest absolute Gasteiger partial charge is 0.454 e. The van der Waals surface area contributed by atoms with Crippen LogP contribution in [0.1, 0.15) is 29.5 Å². The van der Waals surface area contributed by atoms with Crippen molar-refractivity contribution in [2.24, 2.45) is 0 Å². The number of carbonyl (C=O) groups is 1. The van der Waals surface area contributed by atoms with Gasteiger partial charge in [-0.25, -0.2) is 18.3 Å². The number of ether oxygens (including phenoxy) is 1. The second-order valence-corrected chi connectivity index (χ2v) is 4.02. The Kier molecular flexibility index (Phi) is 4.34. The van der Waals surface area contributed by atoms with Crippen LogP contribution >= 0.6 is 0 Å². The zero-order valence-electron chi connectivity index (χ0n) is 10.7. The van der Waals surface area contributed by atoms with Crippen LogP contribution in [0.5, 0.6) is 0 Å². The van der Waals surface area contributed by atoms with Gasteiger partial charge in [-0.3, -0.25) is 0 Å². The maximum absolute atomic E-state index is 13.0. The van der Waals surface area contributed by atoms with Crippen LogP contribution < -0.4 is 0 Å². The first kappa shape index (κ1) is 14.0. The molecule has 2 aromatic rings. The van der Waals surface area contributed by atoms with Crippen molar-refractivity contribution in [2.45, 2.75) is 26.5 Å². The van der Waals surface area contributed by atoms with Crippen molar-refractivity contribution in [1.82, 2.24) is 20.2 Å². The summed E-state index contributed by atoms with van der Waals surface area (Å²) in [6, 6.07) is 2.80. The molecule has 20 heavy (non-hydrogen) atoms. The van der Waals surface area contributed by atoms with Crippen molar-refractivity contribution in [3.63, 3.8) is 0 Å². The maximum Gasteiger partial charge on any atom is 0.338 e. The zero-order valence-corrected chi connectivity index (χ0v) is 10.7. The Bertz CT molecular complexity index is 615. The first-order chi connectivity index (χ1) is 9.61. The number of aromatic nitrogens is 4. The lowest BCUT2D eigenvalue weighted by atomic mass is 10.2. The van der Waals surface area contributed by atoms with Crippen molar-refractivity contribution >= 4 is 5.97 Å². The summed E-state index contributed by atoms with van der Waals surface area (Å²) in [6.45, 7) is 2.43. The van der Waals surface area contributed by atoms with Crippen LogP contribution in [-0.4, -0.2) is 26.2 Å². The van der Waals surface area contributed by atoms with Gasteiger partial charge in [0, 0.05) is 6.54 Å². The molecule has 0 spiro atoms. The van der Waals surface area contributed by atoms with Gasteiger partial charge in [-0.1, -0.05) is 6.92 Å². The molecule has 0 aliphatic carbocycles. The van der Waals surface area contributed by atoms with Gasteiger partial charge in [-0.2, -0.15) is 0 Å². The summed E-state index contributed by atoms with van der Waals surface area (Å²) in [5.74, 6) is -2.50. The molecule has 2 rings (SSSR count). The molecule has 0 atom stereocenters. The second-order valence-electron chi connectivity index (χ2n) is 4.02. The highest BCUT2D eigenvalue weighted by Gasteiger charge is 2.13. The molecule has 0 saturated heterocycles. The molecule has 1 heterocycles. The van der Waals surface area contributed by atoms with Gasteiger partial charge in [0.2, 0.25) is 0 Å². The number of aryl methyl sites for hydroxylation is 1. The van der Waals surface area contributed by atoms with Crippen LogP contribution in [0.25, 0.3) is 0 Å². The number of benzene rings is 1. The third-order valence-electron chi connectivity index (χ3n) is 2.53. The molecular weight excluding hydrogens is 270 g/mol. The first-order valence-corrected chi connectivity index (χ1v) is 5.99. The van der Waals surface area contributed by atoms with E-state index in [1.165, 1.54) is 4.68 Å². The minimum absolute atomic E-state index is 0.0709. The summed E-state index contributed by atoms with van der Waals surface area (Å²) < 4.78 is 32.2. The van der Waals surface area contributed by atoms with Crippen molar-refractivity contribution in [3.05, 3.63) is 41.2 Å². The molecule has 0 radical (unpaired) electrons. The minimum Gasteiger partial charge on any atom is -0.454 e. The molecular formula is C12H12F2N4O2. The summed E-state index contributed by atoms with van der Waals surface area (Å²) >= 11 is 0. The molecule has 1 aromatic carbocycles. The minimum atomic E-state index is -1.10. The van der Waals surface area contributed by atoms with Crippen LogP contribution in [0.3, 0.4) is 0 Å². The zero-order chi connectivity index (χ0) is 14.5. The van der Waals surface area contributed by atoms with Gasteiger partial charge in [0.25, 0.3) is 0 Å². The normalized spacial score (nSPS) is 10.6. The molecule has 8 heteroatoms. The standard InChI is InChI=1S/C12H12F2N4O2/c1-2-5-18-11(15-16-17-18)7-20-12(19)8-3-4-9(13)10(14)6-8/h3-4,6H,2,5,7H2,1H3. The molecule has 0 aliphatic heterocycles. The summed E-state index contributed by atoms with van der Waals surface area (Å²) in [7, 11) is 0. The highest BCUT2D eigenvalue weighted by molar-refractivity contribution is 5.89. The van der Waals surface area contributed by atoms with E-state index in [0.717, 1.165) is 24.6 Å². The predicted octanol–water partition coefficient (Wildman–Crippen LogP) is 1.72. The fraction of sp³-hybridized carbons (Fsp3) is 0.333. The van der Waals surface area contributed by atoms with Crippen LogP contribution in [0.15, 0.2) is 18.2 Å². The van der Waals surface area contributed by atoms with Crippen molar-refractivity contribution in [1.29, 1.82) is 0 Å². The Morgan fingerprint density at radius 2 is 2.15 bits per heavy atom. The van der Waals surface area contributed by atoms with E-state index in [9.17, 15) is 13.6 Å². The van der Waals surface area contributed by atoms with Crippen molar-refractivity contribution < 1.29 is 18.3 Å². The van der Waals surface area contributed by atoms with Gasteiger partial charge in [0.15, 0.2) is 24.1 Å². The van der Waals surface area contributed by atoms with E-state index in [1.54, 1.807) is 0 Å². The molecule has 106 valence electrons. The number of halogens is 2. The Morgan fingerprint density at radius 1 is 1.35 bits per heavy atom. The van der Waals surface area contributed by atoms with Gasteiger partial charge < -0.3 is 4.74 Å². The molecule has 0 bridgehead atoms. The molecule has 6 nitrogen and oxygen atoms in total. The van der Waals surface area contributed by atoms with Gasteiger partial charge in [0.05, 0.1) is 5.56 Å². The van der Waals surface area contributed by atoms with E-state index in [4.69, 9.17) is 4.74 Å². The van der Waals surface area contributed by atoms with Crippen molar-refractivity contribution in [3.8, 4) is 0 Å². The molecule has 0 saturated carbocycles. The van der Waals surface area contributed by atoms with Gasteiger partial charge in [0.1, 0.15) is 0 Å². The van der Waals surface area contributed by atoms with Crippen molar-refractivity contribution in [2.75, 3.05) is 0 Å². The molecule has 0 amide bonds. The van der Waals surface area contributed by atoms with Crippen LogP contribution in [0, 0.1) is 11.6 Å². The number of hydrogen-bond donors (Lipinski definition) is 0. The Morgan fingerprint density at radius 3 is 2.85 bits per heavy atom. The SMILES string of the molecule is CCCn1nnnc1COC(=O)c1ccc(F)c(F)c1. The lowest BCUT2D eigenvalue weighted by Crippen LogP contribution is -2.11. The Labute approximate surface area is 113 Å². The molecule has 0 aliphatic rings. The number of tetrazole rings is 1. The lowest BCUT2D eigenvalue weighted by molar-refractivity contribution is 0.0455. The monoisotopic (exact) mass is 282 g/mol. The number of nitrogens with zero attached hydrogens (tertiary/aromatic N) is 4. The highest BCUT2D eigenvalue weighted by Crippen LogP contribution is 2.10.